The van der Waals surface area contributed by atoms with Gasteiger partial charge in [-0.15, -0.1) is 0 Å². The van der Waals surface area contributed by atoms with E-state index in [1.165, 1.54) is 17.3 Å². The van der Waals surface area contributed by atoms with Crippen LogP contribution in [0.4, 0.5) is 5.69 Å². The van der Waals surface area contributed by atoms with Gasteiger partial charge < -0.3 is 4.90 Å². The van der Waals surface area contributed by atoms with Crippen molar-refractivity contribution in [3.05, 3.63) is 52.5 Å². The van der Waals surface area contributed by atoms with Crippen LogP contribution in [0.1, 0.15) is 24.2 Å². The number of aromatic nitrogens is 2. The van der Waals surface area contributed by atoms with E-state index in [0.717, 1.165) is 0 Å². The number of pyridine rings is 2. The van der Waals surface area contributed by atoms with Crippen LogP contribution in [0, 0.1) is 0 Å². The fourth-order valence-corrected chi connectivity index (χ4v) is 1.66. The Labute approximate surface area is 128 Å². The maximum Gasteiger partial charge on any atom is 0.259 e. The Morgan fingerprint density at radius 1 is 1.25 bits per heavy atom. The molecular weight excluding hydrogens is 297 g/mol. The molecule has 2 heterocycles. The minimum atomic E-state index is -0.191. The number of anilines is 1. The van der Waals surface area contributed by atoms with E-state index in [4.69, 9.17) is 23.2 Å². The average molecular weight is 312 g/mol. The van der Waals surface area contributed by atoms with Crippen LogP contribution >= 0.6 is 23.2 Å². The molecule has 2 aromatic heterocycles. The predicted octanol–water partition coefficient (Wildman–Crippen LogP) is 4.09. The predicted molar refractivity (Wildman–Crippen MR) is 82.6 cm³/mol. The minimum absolute atomic E-state index is 0.191. The summed E-state index contributed by atoms with van der Waals surface area (Å²) in [5.74, 6) is -0.191. The Bertz CT molecular complexity index is 576. The van der Waals surface area contributed by atoms with Crippen LogP contribution in [0.2, 0.25) is 10.2 Å². The molecule has 2 aromatic rings. The van der Waals surface area contributed by atoms with Gasteiger partial charge in [0.25, 0.3) is 5.91 Å². The van der Waals surface area contributed by atoms with Crippen molar-refractivity contribution >= 4 is 34.8 Å². The first-order chi connectivity index (χ1) is 9.59. The Hall–Kier alpha value is -1.65. The van der Waals surface area contributed by atoms with E-state index < -0.39 is 0 Å². The van der Waals surface area contributed by atoms with E-state index in [1.54, 1.807) is 31.4 Å². The summed E-state index contributed by atoms with van der Waals surface area (Å²) in [5, 5.41) is 0.516. The molecule has 0 radical (unpaired) electrons. The smallest absolute Gasteiger partial charge is 0.259 e. The van der Waals surface area contributed by atoms with Gasteiger partial charge in [0.2, 0.25) is 0 Å². The number of halogens is 2. The van der Waals surface area contributed by atoms with Crippen molar-refractivity contribution in [1.82, 2.24) is 9.97 Å². The Morgan fingerprint density at radius 2 is 1.95 bits per heavy atom. The van der Waals surface area contributed by atoms with Crippen LogP contribution in [0.5, 0.6) is 0 Å². The number of hydrogen-bond donors (Lipinski definition) is 0. The van der Waals surface area contributed by atoms with Gasteiger partial charge in [-0.05, 0) is 18.2 Å². The van der Waals surface area contributed by atoms with Crippen molar-refractivity contribution in [2.75, 3.05) is 11.9 Å². The Balaban J connectivity index is 0.000000956. The summed E-state index contributed by atoms with van der Waals surface area (Å²) in [6, 6.07) is 4.98. The highest BCUT2D eigenvalue weighted by atomic mass is 35.5. The van der Waals surface area contributed by atoms with Gasteiger partial charge in [0.15, 0.2) is 0 Å². The topological polar surface area (TPSA) is 46.1 Å². The number of hydrogen-bond acceptors (Lipinski definition) is 3. The first-order valence-electron chi connectivity index (χ1n) is 6.08. The number of carbonyl (C=O) groups excluding carboxylic acids is 1. The standard InChI is InChI=1S/C12H9Cl2N3O.C2H6/c1-17(9-5-10(13)11(14)16-7-9)12(18)8-3-2-4-15-6-8;1-2/h2-7H,1H3;1-2H3. The Kier molecular flexibility index (Phi) is 6.42. The second-order valence-corrected chi connectivity index (χ2v) is 4.34. The van der Waals surface area contributed by atoms with E-state index in [0.29, 0.717) is 16.3 Å². The van der Waals surface area contributed by atoms with Crippen molar-refractivity contribution in [1.29, 1.82) is 0 Å². The molecular formula is C14H15Cl2N3O. The van der Waals surface area contributed by atoms with Crippen LogP contribution in [0.15, 0.2) is 36.8 Å². The molecule has 0 saturated heterocycles. The summed E-state index contributed by atoms with van der Waals surface area (Å²) < 4.78 is 0. The minimum Gasteiger partial charge on any atom is -0.310 e. The summed E-state index contributed by atoms with van der Waals surface area (Å²) in [6.45, 7) is 4.00. The van der Waals surface area contributed by atoms with Gasteiger partial charge in [0, 0.05) is 19.4 Å². The molecule has 1 amide bonds. The molecule has 0 spiro atoms. The highest BCUT2D eigenvalue weighted by Gasteiger charge is 2.14. The molecule has 6 heteroatoms. The molecule has 0 saturated carbocycles. The van der Waals surface area contributed by atoms with Gasteiger partial charge >= 0.3 is 0 Å². The van der Waals surface area contributed by atoms with Crippen LogP contribution in [0.3, 0.4) is 0 Å². The van der Waals surface area contributed by atoms with E-state index in [2.05, 4.69) is 9.97 Å². The molecule has 0 aromatic carbocycles. The molecule has 4 nitrogen and oxygen atoms in total. The van der Waals surface area contributed by atoms with Crippen LogP contribution < -0.4 is 4.90 Å². The average Bonchev–Trinajstić information content (AvgIpc) is 2.51. The fourth-order valence-electron chi connectivity index (χ4n) is 1.39. The van der Waals surface area contributed by atoms with E-state index >= 15 is 0 Å². The lowest BCUT2D eigenvalue weighted by Gasteiger charge is -2.17. The van der Waals surface area contributed by atoms with Crippen LogP contribution in [0.25, 0.3) is 0 Å². The van der Waals surface area contributed by atoms with Gasteiger partial charge in [-0.25, -0.2) is 4.98 Å². The van der Waals surface area contributed by atoms with Crippen molar-refractivity contribution < 1.29 is 4.79 Å². The van der Waals surface area contributed by atoms with Gasteiger partial charge in [0.1, 0.15) is 5.15 Å². The summed E-state index contributed by atoms with van der Waals surface area (Å²) in [5.41, 5.74) is 1.06. The lowest BCUT2D eigenvalue weighted by atomic mass is 10.2. The van der Waals surface area contributed by atoms with Crippen molar-refractivity contribution in [3.8, 4) is 0 Å². The van der Waals surface area contributed by atoms with Gasteiger partial charge in [-0.3, -0.25) is 9.78 Å². The number of nitrogens with zero attached hydrogens (tertiary/aromatic N) is 3. The highest BCUT2D eigenvalue weighted by molar-refractivity contribution is 6.41. The molecule has 0 atom stereocenters. The number of rotatable bonds is 2. The third-order valence-corrected chi connectivity index (χ3v) is 3.07. The van der Waals surface area contributed by atoms with Crippen LogP contribution in [-0.2, 0) is 0 Å². The van der Waals surface area contributed by atoms with Gasteiger partial charge in [0.05, 0.1) is 22.5 Å². The third kappa shape index (κ3) is 3.92. The van der Waals surface area contributed by atoms with E-state index in [-0.39, 0.29) is 11.1 Å². The Morgan fingerprint density at radius 3 is 2.50 bits per heavy atom. The molecule has 20 heavy (non-hydrogen) atoms. The summed E-state index contributed by atoms with van der Waals surface area (Å²) in [4.78, 5) is 21.4. The number of amides is 1. The van der Waals surface area contributed by atoms with E-state index in [1.807, 2.05) is 13.8 Å². The van der Waals surface area contributed by atoms with E-state index in [9.17, 15) is 4.79 Å². The quantitative estimate of drug-likeness (QED) is 0.785. The molecule has 106 valence electrons. The highest BCUT2D eigenvalue weighted by Crippen LogP contribution is 2.24. The summed E-state index contributed by atoms with van der Waals surface area (Å²) >= 11 is 11.6. The largest absolute Gasteiger partial charge is 0.310 e. The van der Waals surface area contributed by atoms with Crippen LogP contribution in [-0.4, -0.2) is 22.9 Å². The third-order valence-electron chi connectivity index (χ3n) is 2.38. The molecule has 0 unspecified atom stereocenters. The molecule has 2 rings (SSSR count). The molecule has 0 bridgehead atoms. The zero-order valence-electron chi connectivity index (χ0n) is 11.5. The van der Waals surface area contributed by atoms with Crippen molar-refractivity contribution in [2.45, 2.75) is 13.8 Å². The maximum atomic E-state index is 12.1. The second kappa shape index (κ2) is 7.82. The van der Waals surface area contributed by atoms with Gasteiger partial charge in [-0.1, -0.05) is 37.0 Å². The zero-order valence-corrected chi connectivity index (χ0v) is 13.0. The first kappa shape index (κ1) is 16.4. The number of carbonyl (C=O) groups is 1. The normalized spacial score (nSPS) is 9.45. The molecule has 0 fully saturated rings. The lowest BCUT2D eigenvalue weighted by molar-refractivity contribution is 0.0992. The summed E-state index contributed by atoms with van der Waals surface area (Å²) in [6.07, 6.45) is 4.60. The van der Waals surface area contributed by atoms with Crippen molar-refractivity contribution in [3.63, 3.8) is 0 Å². The molecule has 0 aliphatic carbocycles. The van der Waals surface area contributed by atoms with Crippen molar-refractivity contribution in [2.24, 2.45) is 0 Å². The first-order valence-corrected chi connectivity index (χ1v) is 6.84. The lowest BCUT2D eigenvalue weighted by Crippen LogP contribution is -2.26. The second-order valence-electron chi connectivity index (χ2n) is 3.57. The molecule has 0 aliphatic heterocycles. The maximum absolute atomic E-state index is 12.1. The fraction of sp³-hybridized carbons (Fsp3) is 0.214. The monoisotopic (exact) mass is 311 g/mol. The zero-order chi connectivity index (χ0) is 15.1. The summed E-state index contributed by atoms with van der Waals surface area (Å²) in [7, 11) is 1.64. The van der Waals surface area contributed by atoms with Gasteiger partial charge in [-0.2, -0.15) is 0 Å². The SMILES string of the molecule is CC.CN(C(=O)c1cccnc1)c1cnc(Cl)c(Cl)c1. The molecule has 0 N–H and O–H groups in total. The molecule has 0 aliphatic rings.